The van der Waals surface area contributed by atoms with Crippen molar-refractivity contribution < 1.29 is 33.3 Å². The molecule has 30 heavy (non-hydrogen) atoms. The van der Waals surface area contributed by atoms with Crippen LogP contribution >= 0.6 is 0 Å². The average molecular weight is 416 g/mol. The SMILES string of the molecule is CCC(C(C)=O)c1cc(OC)c(OC)cc1C(=O)c1cc(OC)c(OC)c(OC)c1. The van der Waals surface area contributed by atoms with Gasteiger partial charge < -0.3 is 23.7 Å². The van der Waals surface area contributed by atoms with Crippen LogP contribution in [0, 0.1) is 0 Å². The fraction of sp³-hybridized carbons (Fsp3) is 0.391. The Hall–Kier alpha value is -3.22. The summed E-state index contributed by atoms with van der Waals surface area (Å²) in [4.78, 5) is 25.8. The Morgan fingerprint density at radius 3 is 1.67 bits per heavy atom. The summed E-state index contributed by atoms with van der Waals surface area (Å²) in [6.07, 6.45) is 0.542. The van der Waals surface area contributed by atoms with Gasteiger partial charge in [-0.2, -0.15) is 0 Å². The maximum absolute atomic E-state index is 13.6. The fourth-order valence-corrected chi connectivity index (χ4v) is 3.47. The number of hydrogen-bond acceptors (Lipinski definition) is 7. The van der Waals surface area contributed by atoms with Crippen LogP contribution in [0.15, 0.2) is 24.3 Å². The number of ether oxygens (including phenoxy) is 5. The van der Waals surface area contributed by atoms with E-state index in [1.165, 1.54) is 42.5 Å². The number of benzene rings is 2. The molecular weight excluding hydrogens is 388 g/mol. The molecular formula is C23H28O7. The van der Waals surface area contributed by atoms with Crippen LogP contribution in [0.5, 0.6) is 28.7 Å². The molecule has 1 unspecified atom stereocenters. The smallest absolute Gasteiger partial charge is 0.203 e. The molecule has 2 aromatic carbocycles. The summed E-state index contributed by atoms with van der Waals surface area (Å²) in [5.74, 6) is 1.17. The van der Waals surface area contributed by atoms with Crippen molar-refractivity contribution in [2.24, 2.45) is 0 Å². The van der Waals surface area contributed by atoms with Crippen molar-refractivity contribution in [3.05, 3.63) is 41.0 Å². The van der Waals surface area contributed by atoms with Gasteiger partial charge in [0.25, 0.3) is 0 Å². The van der Waals surface area contributed by atoms with Crippen LogP contribution in [0.1, 0.15) is 47.7 Å². The maximum atomic E-state index is 13.6. The second-order valence-corrected chi connectivity index (χ2v) is 6.61. The molecule has 0 fully saturated rings. The number of carbonyl (C=O) groups is 2. The Morgan fingerprint density at radius 1 is 0.767 bits per heavy atom. The second-order valence-electron chi connectivity index (χ2n) is 6.61. The Labute approximate surface area is 176 Å². The van der Waals surface area contributed by atoms with E-state index >= 15 is 0 Å². The van der Waals surface area contributed by atoms with Gasteiger partial charge in [0.15, 0.2) is 28.8 Å². The molecule has 0 aliphatic carbocycles. The minimum absolute atomic E-state index is 0.0383. The quantitative estimate of drug-likeness (QED) is 0.541. The van der Waals surface area contributed by atoms with Gasteiger partial charge in [-0.05, 0) is 43.2 Å². The van der Waals surface area contributed by atoms with Gasteiger partial charge in [-0.3, -0.25) is 9.59 Å². The molecule has 0 aromatic heterocycles. The lowest BCUT2D eigenvalue weighted by Gasteiger charge is -2.20. The lowest BCUT2D eigenvalue weighted by atomic mass is 9.86. The highest BCUT2D eigenvalue weighted by atomic mass is 16.5. The standard InChI is InChI=1S/C23H28O7/c1-8-15(13(2)24)16-11-18(26-3)19(27-4)12-17(16)22(25)14-9-20(28-5)23(30-7)21(10-14)29-6/h9-12,15H,8H2,1-7H3. The highest BCUT2D eigenvalue weighted by Gasteiger charge is 2.27. The third-order valence-corrected chi connectivity index (χ3v) is 5.00. The van der Waals surface area contributed by atoms with E-state index in [0.29, 0.717) is 51.9 Å². The zero-order valence-electron chi connectivity index (χ0n) is 18.5. The van der Waals surface area contributed by atoms with Crippen LogP contribution in [0.25, 0.3) is 0 Å². The molecule has 7 heteroatoms. The van der Waals surface area contributed by atoms with Gasteiger partial charge in [-0.25, -0.2) is 0 Å². The molecule has 0 N–H and O–H groups in total. The minimum atomic E-state index is -0.453. The zero-order chi connectivity index (χ0) is 22.4. The van der Waals surface area contributed by atoms with Gasteiger partial charge in [0.2, 0.25) is 5.75 Å². The number of Topliss-reactive ketones (excluding diaryl/α,β-unsaturated/α-hetero) is 1. The normalized spacial score (nSPS) is 11.4. The van der Waals surface area contributed by atoms with E-state index in [1.54, 1.807) is 24.3 Å². The van der Waals surface area contributed by atoms with Gasteiger partial charge in [0.05, 0.1) is 35.5 Å². The lowest BCUT2D eigenvalue weighted by molar-refractivity contribution is -0.118. The molecule has 0 saturated carbocycles. The summed E-state index contributed by atoms with van der Waals surface area (Å²) in [7, 11) is 7.46. The van der Waals surface area contributed by atoms with Crippen LogP contribution in [-0.2, 0) is 4.79 Å². The molecule has 0 aliphatic heterocycles. The molecule has 2 aromatic rings. The molecule has 7 nitrogen and oxygen atoms in total. The van der Waals surface area contributed by atoms with Gasteiger partial charge in [0.1, 0.15) is 5.78 Å². The lowest BCUT2D eigenvalue weighted by Crippen LogP contribution is -2.15. The van der Waals surface area contributed by atoms with Crippen LogP contribution in [-0.4, -0.2) is 47.1 Å². The first-order valence-electron chi connectivity index (χ1n) is 9.47. The first-order valence-corrected chi connectivity index (χ1v) is 9.47. The number of rotatable bonds is 10. The summed E-state index contributed by atoms with van der Waals surface area (Å²) < 4.78 is 26.8. The predicted molar refractivity (Wildman–Crippen MR) is 113 cm³/mol. The van der Waals surface area contributed by atoms with Crippen LogP contribution in [0.4, 0.5) is 0 Å². The molecule has 0 spiro atoms. The van der Waals surface area contributed by atoms with Crippen molar-refractivity contribution in [2.75, 3.05) is 35.5 Å². The molecule has 0 heterocycles. The topological polar surface area (TPSA) is 80.3 Å². The van der Waals surface area contributed by atoms with Crippen molar-refractivity contribution in [3.63, 3.8) is 0 Å². The summed E-state index contributed by atoms with van der Waals surface area (Å²) in [6.45, 7) is 3.41. The predicted octanol–water partition coefficient (Wildman–Crippen LogP) is 4.04. The van der Waals surface area contributed by atoms with Crippen molar-refractivity contribution in [1.29, 1.82) is 0 Å². The highest BCUT2D eigenvalue weighted by molar-refractivity contribution is 6.11. The summed E-state index contributed by atoms with van der Waals surface area (Å²) in [5, 5.41) is 0. The van der Waals surface area contributed by atoms with Crippen LogP contribution in [0.3, 0.4) is 0 Å². The first-order chi connectivity index (χ1) is 14.4. The van der Waals surface area contributed by atoms with Gasteiger partial charge in [0, 0.05) is 17.0 Å². The molecule has 0 aliphatic rings. The highest BCUT2D eigenvalue weighted by Crippen LogP contribution is 2.41. The zero-order valence-corrected chi connectivity index (χ0v) is 18.5. The van der Waals surface area contributed by atoms with Gasteiger partial charge >= 0.3 is 0 Å². The molecule has 0 radical (unpaired) electrons. The largest absolute Gasteiger partial charge is 0.493 e. The van der Waals surface area contributed by atoms with E-state index in [1.807, 2.05) is 6.92 Å². The molecule has 0 bridgehead atoms. The molecule has 0 amide bonds. The maximum Gasteiger partial charge on any atom is 0.203 e. The van der Waals surface area contributed by atoms with Crippen molar-refractivity contribution in [3.8, 4) is 28.7 Å². The molecule has 2 rings (SSSR count). The third-order valence-electron chi connectivity index (χ3n) is 5.00. The van der Waals surface area contributed by atoms with E-state index in [0.717, 1.165) is 0 Å². The number of methoxy groups -OCH3 is 5. The molecule has 0 saturated heterocycles. The van der Waals surface area contributed by atoms with E-state index in [-0.39, 0.29) is 11.6 Å². The molecule has 162 valence electrons. The monoisotopic (exact) mass is 416 g/mol. The average Bonchev–Trinajstić information content (AvgIpc) is 2.77. The molecule has 1 atom stereocenters. The fourth-order valence-electron chi connectivity index (χ4n) is 3.47. The van der Waals surface area contributed by atoms with Crippen molar-refractivity contribution in [1.82, 2.24) is 0 Å². The van der Waals surface area contributed by atoms with Crippen molar-refractivity contribution >= 4 is 11.6 Å². The van der Waals surface area contributed by atoms with Crippen LogP contribution < -0.4 is 23.7 Å². The Bertz CT molecular complexity index is 908. The van der Waals surface area contributed by atoms with E-state index in [4.69, 9.17) is 23.7 Å². The minimum Gasteiger partial charge on any atom is -0.493 e. The Balaban J connectivity index is 2.76. The van der Waals surface area contributed by atoms with E-state index < -0.39 is 5.92 Å². The number of ketones is 2. The van der Waals surface area contributed by atoms with E-state index in [2.05, 4.69) is 0 Å². The Morgan fingerprint density at radius 2 is 1.27 bits per heavy atom. The van der Waals surface area contributed by atoms with Gasteiger partial charge in [-0.15, -0.1) is 0 Å². The van der Waals surface area contributed by atoms with Gasteiger partial charge in [-0.1, -0.05) is 6.92 Å². The number of hydrogen-bond donors (Lipinski definition) is 0. The summed E-state index contributed by atoms with van der Waals surface area (Å²) >= 11 is 0. The van der Waals surface area contributed by atoms with Crippen molar-refractivity contribution in [2.45, 2.75) is 26.2 Å². The Kier molecular flexibility index (Phi) is 7.69. The summed E-state index contributed by atoms with van der Waals surface area (Å²) in [6, 6.07) is 6.46. The third kappa shape index (κ3) is 4.35. The number of carbonyl (C=O) groups excluding carboxylic acids is 2. The van der Waals surface area contributed by atoms with Crippen LogP contribution in [0.2, 0.25) is 0 Å². The summed E-state index contributed by atoms with van der Waals surface area (Å²) in [5.41, 5.74) is 1.27. The van der Waals surface area contributed by atoms with E-state index in [9.17, 15) is 9.59 Å². The second kappa shape index (κ2) is 10.0. The first kappa shape index (κ1) is 23.1.